The molecule has 1 aliphatic rings. The minimum absolute atomic E-state index is 0.00487. The van der Waals surface area contributed by atoms with Crippen molar-refractivity contribution in [2.24, 2.45) is 0 Å². The predicted octanol–water partition coefficient (Wildman–Crippen LogP) is 3.98. The number of nitrogens with zero attached hydrogens (tertiary/aromatic N) is 5. The van der Waals surface area contributed by atoms with Crippen LogP contribution in [0.25, 0.3) is 11.3 Å². The fourth-order valence-corrected chi connectivity index (χ4v) is 4.40. The Hall–Kier alpha value is -4.25. The molecule has 3 N–H and O–H groups in total. The first kappa shape index (κ1) is 24.9. The van der Waals surface area contributed by atoms with E-state index in [1.807, 2.05) is 37.2 Å². The molecule has 2 heterocycles. The second kappa shape index (κ2) is 10.6. The van der Waals surface area contributed by atoms with Crippen LogP contribution in [0.15, 0.2) is 42.7 Å². The van der Waals surface area contributed by atoms with Crippen LogP contribution < -0.4 is 20.3 Å². The average Bonchev–Trinajstić information content (AvgIpc) is 3.39. The quantitative estimate of drug-likeness (QED) is 0.231. The molecule has 188 valence electrons. The molecular weight excluding hydrogens is 460 g/mol. The third kappa shape index (κ3) is 5.05. The number of hydrogen-bond donors (Lipinski definition) is 3. The van der Waals surface area contributed by atoms with Gasteiger partial charge in [-0.05, 0) is 32.6 Å². The molecule has 0 bridgehead atoms. The highest BCUT2D eigenvalue weighted by atomic mass is 16.6. The standard InChI is InChI=1S/C25H30N8O3/c1-27-19-6-5-16(9-17(19)13-26)20-11-25(29-15-28-20)30-21-10-23(33(34)35)22(12-24(21)36-4)32-8-7-18(14-32)31(2)3/h5-6,9-13,15,18,26-27H,7-8,14H2,1-4H3,(H,28,29,30). The second-order valence-electron chi connectivity index (χ2n) is 8.76. The van der Waals surface area contributed by atoms with E-state index in [0.29, 0.717) is 41.2 Å². The Balaban J connectivity index is 1.66. The molecule has 0 aliphatic carbocycles. The second-order valence-corrected chi connectivity index (χ2v) is 8.76. The number of methoxy groups -OCH3 is 1. The van der Waals surface area contributed by atoms with E-state index in [4.69, 9.17) is 10.1 Å². The number of nitro groups is 1. The fraction of sp³-hybridized carbons (Fsp3) is 0.320. The largest absolute Gasteiger partial charge is 0.494 e. The Kier molecular flexibility index (Phi) is 7.30. The zero-order valence-electron chi connectivity index (χ0n) is 20.8. The molecule has 0 saturated carbocycles. The van der Waals surface area contributed by atoms with Crippen molar-refractivity contribution in [2.45, 2.75) is 12.5 Å². The molecule has 0 amide bonds. The maximum absolute atomic E-state index is 12.0. The van der Waals surface area contributed by atoms with Gasteiger partial charge in [-0.15, -0.1) is 0 Å². The van der Waals surface area contributed by atoms with Gasteiger partial charge in [0.1, 0.15) is 23.6 Å². The molecular formula is C25H30N8O3. The van der Waals surface area contributed by atoms with Crippen molar-refractivity contribution in [3.63, 3.8) is 0 Å². The summed E-state index contributed by atoms with van der Waals surface area (Å²) in [5, 5.41) is 25.9. The summed E-state index contributed by atoms with van der Waals surface area (Å²) in [6.45, 7) is 1.45. The van der Waals surface area contributed by atoms with Crippen molar-refractivity contribution in [3.05, 3.63) is 58.4 Å². The SMILES string of the molecule is CNc1ccc(-c2cc(Nc3cc([N+](=O)[O-])c(N4CCC(N(C)C)C4)cc3OC)ncn2)cc1C=N. The molecule has 4 rings (SSSR count). The zero-order chi connectivity index (χ0) is 25.8. The van der Waals surface area contributed by atoms with E-state index in [1.165, 1.54) is 25.7 Å². The topological polar surface area (TPSA) is 133 Å². The van der Waals surface area contributed by atoms with Crippen LogP contribution in [0.2, 0.25) is 0 Å². The van der Waals surface area contributed by atoms with Crippen molar-refractivity contribution < 1.29 is 9.66 Å². The van der Waals surface area contributed by atoms with Gasteiger partial charge < -0.3 is 30.6 Å². The molecule has 1 unspecified atom stereocenters. The molecule has 1 atom stereocenters. The Morgan fingerprint density at radius 2 is 2.03 bits per heavy atom. The molecule has 1 fully saturated rings. The third-order valence-corrected chi connectivity index (χ3v) is 6.43. The van der Waals surface area contributed by atoms with Crippen molar-refractivity contribution in [3.8, 4) is 17.0 Å². The molecule has 3 aromatic rings. The monoisotopic (exact) mass is 490 g/mol. The number of anilines is 4. The zero-order valence-corrected chi connectivity index (χ0v) is 20.8. The molecule has 0 radical (unpaired) electrons. The summed E-state index contributed by atoms with van der Waals surface area (Å²) in [5.41, 5.74) is 4.02. The minimum Gasteiger partial charge on any atom is -0.494 e. The van der Waals surface area contributed by atoms with E-state index >= 15 is 0 Å². The average molecular weight is 491 g/mol. The van der Waals surface area contributed by atoms with Gasteiger partial charge in [0.25, 0.3) is 5.69 Å². The Labute approximate surface area is 209 Å². The van der Waals surface area contributed by atoms with Gasteiger partial charge in [0, 0.05) is 67.4 Å². The van der Waals surface area contributed by atoms with Crippen LogP contribution in [0.1, 0.15) is 12.0 Å². The predicted molar refractivity (Wildman–Crippen MR) is 142 cm³/mol. The van der Waals surface area contributed by atoms with Crippen LogP contribution in [0.3, 0.4) is 0 Å². The van der Waals surface area contributed by atoms with Gasteiger partial charge >= 0.3 is 0 Å². The van der Waals surface area contributed by atoms with Gasteiger partial charge in [0.05, 0.1) is 23.4 Å². The highest BCUT2D eigenvalue weighted by Gasteiger charge is 2.30. The lowest BCUT2D eigenvalue weighted by Gasteiger charge is -2.23. The Morgan fingerprint density at radius 1 is 1.22 bits per heavy atom. The number of aromatic nitrogens is 2. The highest BCUT2D eigenvalue weighted by molar-refractivity contribution is 5.88. The summed E-state index contributed by atoms with van der Waals surface area (Å²) in [5.74, 6) is 0.941. The number of rotatable bonds is 9. The normalized spacial score (nSPS) is 15.1. The Bertz CT molecular complexity index is 1280. The number of likely N-dealkylation sites (N-methyl/N-ethyl adjacent to an activating group) is 1. The van der Waals surface area contributed by atoms with Crippen LogP contribution in [-0.4, -0.2) is 73.4 Å². The van der Waals surface area contributed by atoms with Gasteiger partial charge in [0.2, 0.25) is 0 Å². The summed E-state index contributed by atoms with van der Waals surface area (Å²) in [6.07, 6.45) is 3.64. The molecule has 1 aliphatic heterocycles. The van der Waals surface area contributed by atoms with E-state index in [0.717, 1.165) is 29.8 Å². The molecule has 1 aromatic heterocycles. The summed E-state index contributed by atoms with van der Waals surface area (Å²) in [6, 6.07) is 11.0. The maximum atomic E-state index is 12.0. The van der Waals surface area contributed by atoms with E-state index < -0.39 is 0 Å². The lowest BCUT2D eigenvalue weighted by atomic mass is 10.1. The smallest absolute Gasteiger partial charge is 0.294 e. The number of benzene rings is 2. The van der Waals surface area contributed by atoms with Crippen molar-refractivity contribution >= 4 is 34.8 Å². The number of ether oxygens (including phenoxy) is 1. The lowest BCUT2D eigenvalue weighted by Crippen LogP contribution is -2.31. The number of nitro benzene ring substituents is 1. The van der Waals surface area contributed by atoms with Crippen LogP contribution in [0.4, 0.5) is 28.6 Å². The molecule has 0 spiro atoms. The maximum Gasteiger partial charge on any atom is 0.294 e. The van der Waals surface area contributed by atoms with Crippen molar-refractivity contribution in [2.75, 3.05) is 56.9 Å². The van der Waals surface area contributed by atoms with Crippen molar-refractivity contribution in [1.29, 1.82) is 5.41 Å². The van der Waals surface area contributed by atoms with Crippen molar-refractivity contribution in [1.82, 2.24) is 14.9 Å². The van der Waals surface area contributed by atoms with Gasteiger partial charge in [-0.25, -0.2) is 9.97 Å². The lowest BCUT2D eigenvalue weighted by molar-refractivity contribution is -0.384. The van der Waals surface area contributed by atoms with Gasteiger partial charge in [-0.3, -0.25) is 10.1 Å². The first-order valence-corrected chi connectivity index (χ1v) is 11.5. The van der Waals surface area contributed by atoms with Gasteiger partial charge in [0.15, 0.2) is 0 Å². The van der Waals surface area contributed by atoms with E-state index in [1.54, 1.807) is 19.2 Å². The number of nitrogens with one attached hydrogen (secondary N) is 3. The third-order valence-electron chi connectivity index (χ3n) is 6.43. The molecule has 1 saturated heterocycles. The fourth-order valence-electron chi connectivity index (χ4n) is 4.40. The van der Waals surface area contributed by atoms with Crippen LogP contribution in [0.5, 0.6) is 5.75 Å². The van der Waals surface area contributed by atoms with Crippen LogP contribution in [0, 0.1) is 15.5 Å². The first-order chi connectivity index (χ1) is 17.3. The summed E-state index contributed by atoms with van der Waals surface area (Å²) in [7, 11) is 7.38. The summed E-state index contributed by atoms with van der Waals surface area (Å²) < 4.78 is 5.60. The molecule has 36 heavy (non-hydrogen) atoms. The van der Waals surface area contributed by atoms with Gasteiger partial charge in [-0.1, -0.05) is 6.07 Å². The van der Waals surface area contributed by atoms with Gasteiger partial charge in [-0.2, -0.15) is 0 Å². The summed E-state index contributed by atoms with van der Waals surface area (Å²) in [4.78, 5) is 24.5. The van der Waals surface area contributed by atoms with Crippen LogP contribution >= 0.6 is 0 Å². The molecule has 11 nitrogen and oxygen atoms in total. The molecule has 11 heteroatoms. The van der Waals surface area contributed by atoms with Crippen LogP contribution in [-0.2, 0) is 0 Å². The Morgan fingerprint density at radius 3 is 2.67 bits per heavy atom. The number of hydrogen-bond acceptors (Lipinski definition) is 10. The highest BCUT2D eigenvalue weighted by Crippen LogP contribution is 2.41. The van der Waals surface area contributed by atoms with E-state index in [-0.39, 0.29) is 10.6 Å². The minimum atomic E-state index is -0.365. The first-order valence-electron chi connectivity index (χ1n) is 11.5. The summed E-state index contributed by atoms with van der Waals surface area (Å²) >= 11 is 0. The van der Waals surface area contributed by atoms with E-state index in [2.05, 4.69) is 25.5 Å². The molecule has 2 aromatic carbocycles. The van der Waals surface area contributed by atoms with E-state index in [9.17, 15) is 10.1 Å².